The SMILES string of the molecule is COC(=O)C1CCCN1CC(=O)n1oc(C)cc1=O. The molecule has 7 heteroatoms. The van der Waals surface area contributed by atoms with Crippen molar-refractivity contribution in [2.75, 3.05) is 20.2 Å². The van der Waals surface area contributed by atoms with Gasteiger partial charge in [-0.25, -0.2) is 0 Å². The molecule has 0 radical (unpaired) electrons. The highest BCUT2D eigenvalue weighted by Gasteiger charge is 2.33. The van der Waals surface area contributed by atoms with E-state index in [-0.39, 0.29) is 12.5 Å². The topological polar surface area (TPSA) is 81.8 Å². The maximum absolute atomic E-state index is 12.0. The van der Waals surface area contributed by atoms with E-state index in [1.165, 1.54) is 13.2 Å². The van der Waals surface area contributed by atoms with Crippen LogP contribution in [0, 0.1) is 6.92 Å². The summed E-state index contributed by atoms with van der Waals surface area (Å²) in [5, 5.41) is 0. The van der Waals surface area contributed by atoms with E-state index in [0.717, 1.165) is 11.2 Å². The van der Waals surface area contributed by atoms with Crippen molar-refractivity contribution in [2.45, 2.75) is 25.8 Å². The van der Waals surface area contributed by atoms with Gasteiger partial charge in [0.05, 0.1) is 13.7 Å². The van der Waals surface area contributed by atoms with E-state index >= 15 is 0 Å². The Labute approximate surface area is 109 Å². The summed E-state index contributed by atoms with van der Waals surface area (Å²) in [6, 6.07) is 0.834. The van der Waals surface area contributed by atoms with Crippen LogP contribution in [0.4, 0.5) is 0 Å². The fraction of sp³-hybridized carbons (Fsp3) is 0.583. The molecule has 1 aromatic heterocycles. The van der Waals surface area contributed by atoms with Crippen molar-refractivity contribution in [1.29, 1.82) is 0 Å². The molecule has 1 aromatic rings. The summed E-state index contributed by atoms with van der Waals surface area (Å²) >= 11 is 0. The number of carbonyl (C=O) groups is 2. The molecule has 1 saturated heterocycles. The Bertz CT molecular complexity index is 545. The Morgan fingerprint density at radius 3 is 2.84 bits per heavy atom. The minimum Gasteiger partial charge on any atom is -0.468 e. The zero-order chi connectivity index (χ0) is 14.0. The largest absolute Gasteiger partial charge is 0.468 e. The van der Waals surface area contributed by atoms with Crippen molar-refractivity contribution in [2.24, 2.45) is 0 Å². The van der Waals surface area contributed by atoms with Gasteiger partial charge in [-0.2, -0.15) is 0 Å². The first kappa shape index (κ1) is 13.5. The number of esters is 1. The lowest BCUT2D eigenvalue weighted by atomic mass is 10.2. The van der Waals surface area contributed by atoms with Gasteiger partial charge in [0.1, 0.15) is 11.8 Å². The molecule has 2 heterocycles. The number of nitrogens with zero attached hydrogens (tertiary/aromatic N) is 2. The fourth-order valence-corrected chi connectivity index (χ4v) is 2.28. The zero-order valence-corrected chi connectivity index (χ0v) is 10.9. The molecule has 0 amide bonds. The summed E-state index contributed by atoms with van der Waals surface area (Å²) in [5.41, 5.74) is -0.490. The van der Waals surface area contributed by atoms with E-state index in [0.29, 0.717) is 18.7 Å². The molecule has 7 nitrogen and oxygen atoms in total. The van der Waals surface area contributed by atoms with Crippen LogP contribution in [-0.2, 0) is 9.53 Å². The third-order valence-electron chi connectivity index (χ3n) is 3.16. The summed E-state index contributed by atoms with van der Waals surface area (Å²) < 4.78 is 10.4. The Morgan fingerprint density at radius 1 is 1.53 bits per heavy atom. The van der Waals surface area contributed by atoms with Gasteiger partial charge in [0, 0.05) is 6.07 Å². The van der Waals surface area contributed by atoms with Crippen LogP contribution in [0.1, 0.15) is 23.4 Å². The van der Waals surface area contributed by atoms with Gasteiger partial charge >= 0.3 is 5.97 Å². The molecule has 19 heavy (non-hydrogen) atoms. The molecule has 1 unspecified atom stereocenters. The third-order valence-corrected chi connectivity index (χ3v) is 3.16. The lowest BCUT2D eigenvalue weighted by Gasteiger charge is -2.20. The second-order valence-electron chi connectivity index (χ2n) is 4.52. The molecule has 1 aliphatic heterocycles. The summed E-state index contributed by atoms with van der Waals surface area (Å²) in [5.74, 6) is -0.452. The van der Waals surface area contributed by atoms with Crippen LogP contribution in [0.2, 0.25) is 0 Å². The van der Waals surface area contributed by atoms with Crippen molar-refractivity contribution >= 4 is 11.9 Å². The molecule has 1 fully saturated rings. The van der Waals surface area contributed by atoms with Gasteiger partial charge in [-0.05, 0) is 26.3 Å². The molecule has 0 aliphatic carbocycles. The Morgan fingerprint density at radius 2 is 2.26 bits per heavy atom. The average molecular weight is 268 g/mol. The molecule has 0 spiro atoms. The molecular formula is C12H16N2O5. The number of hydrogen-bond acceptors (Lipinski definition) is 6. The molecule has 0 saturated carbocycles. The quantitative estimate of drug-likeness (QED) is 0.719. The van der Waals surface area contributed by atoms with E-state index in [1.807, 2.05) is 0 Å². The second-order valence-corrected chi connectivity index (χ2v) is 4.52. The van der Waals surface area contributed by atoms with Crippen LogP contribution >= 0.6 is 0 Å². The van der Waals surface area contributed by atoms with E-state index in [9.17, 15) is 14.4 Å². The van der Waals surface area contributed by atoms with Gasteiger partial charge < -0.3 is 9.26 Å². The lowest BCUT2D eigenvalue weighted by Crippen LogP contribution is -2.42. The van der Waals surface area contributed by atoms with Crippen molar-refractivity contribution in [3.63, 3.8) is 0 Å². The van der Waals surface area contributed by atoms with Crippen LogP contribution in [0.25, 0.3) is 0 Å². The Balaban J connectivity index is 2.08. The van der Waals surface area contributed by atoms with Crippen LogP contribution in [-0.4, -0.2) is 47.8 Å². The first-order valence-electron chi connectivity index (χ1n) is 6.08. The normalized spacial score (nSPS) is 19.6. The first-order valence-corrected chi connectivity index (χ1v) is 6.08. The molecule has 0 aromatic carbocycles. The fourth-order valence-electron chi connectivity index (χ4n) is 2.28. The van der Waals surface area contributed by atoms with Crippen LogP contribution in [0.15, 0.2) is 15.4 Å². The van der Waals surface area contributed by atoms with E-state index in [4.69, 9.17) is 9.26 Å². The van der Waals surface area contributed by atoms with Crippen molar-refractivity contribution in [3.8, 4) is 0 Å². The number of carbonyl (C=O) groups excluding carboxylic acids is 2. The molecule has 1 atom stereocenters. The van der Waals surface area contributed by atoms with Crippen LogP contribution in [0.5, 0.6) is 0 Å². The smallest absolute Gasteiger partial charge is 0.323 e. The highest BCUT2D eigenvalue weighted by atomic mass is 16.5. The highest BCUT2D eigenvalue weighted by Crippen LogP contribution is 2.17. The number of ether oxygens (including phenoxy) is 1. The minimum atomic E-state index is -0.490. The number of rotatable bonds is 3. The van der Waals surface area contributed by atoms with Gasteiger partial charge in [-0.1, -0.05) is 0 Å². The van der Waals surface area contributed by atoms with Gasteiger partial charge in [0.15, 0.2) is 0 Å². The third kappa shape index (κ3) is 2.76. The Hall–Kier alpha value is -1.89. The lowest BCUT2D eigenvalue weighted by molar-refractivity contribution is -0.145. The monoisotopic (exact) mass is 268 g/mol. The standard InChI is InChI=1S/C12H16N2O5/c1-8-6-10(15)14(19-8)11(16)7-13-5-3-4-9(13)12(17)18-2/h6,9H,3-5,7H2,1-2H3. The molecular weight excluding hydrogens is 252 g/mol. The number of aromatic nitrogens is 1. The summed E-state index contributed by atoms with van der Waals surface area (Å²) in [6.07, 6.45) is 1.48. The van der Waals surface area contributed by atoms with Gasteiger partial charge in [0.2, 0.25) is 0 Å². The maximum atomic E-state index is 12.0. The van der Waals surface area contributed by atoms with Crippen LogP contribution in [0.3, 0.4) is 0 Å². The van der Waals surface area contributed by atoms with Gasteiger partial charge in [-0.15, -0.1) is 4.74 Å². The molecule has 0 N–H and O–H groups in total. The summed E-state index contributed by atoms with van der Waals surface area (Å²) in [7, 11) is 1.32. The van der Waals surface area contributed by atoms with E-state index in [2.05, 4.69) is 0 Å². The molecule has 2 rings (SSSR count). The first-order chi connectivity index (χ1) is 9.02. The van der Waals surface area contributed by atoms with Crippen LogP contribution < -0.4 is 5.56 Å². The van der Waals surface area contributed by atoms with Gasteiger partial charge in [-0.3, -0.25) is 19.3 Å². The van der Waals surface area contributed by atoms with Crippen molar-refractivity contribution in [3.05, 3.63) is 22.2 Å². The van der Waals surface area contributed by atoms with Crippen molar-refractivity contribution in [1.82, 2.24) is 9.64 Å². The predicted octanol–water partition coefficient (Wildman–Crippen LogP) is 0.0273. The number of methoxy groups -OCH3 is 1. The van der Waals surface area contributed by atoms with E-state index < -0.39 is 17.5 Å². The average Bonchev–Trinajstić information content (AvgIpc) is 2.95. The highest BCUT2D eigenvalue weighted by molar-refractivity contribution is 5.81. The minimum absolute atomic E-state index is 0.0351. The van der Waals surface area contributed by atoms with Gasteiger partial charge in [0.25, 0.3) is 11.5 Å². The molecule has 1 aliphatic rings. The molecule has 104 valence electrons. The van der Waals surface area contributed by atoms with E-state index in [1.54, 1.807) is 11.8 Å². The maximum Gasteiger partial charge on any atom is 0.323 e. The Kier molecular flexibility index (Phi) is 3.84. The predicted molar refractivity (Wildman–Crippen MR) is 64.9 cm³/mol. The second kappa shape index (κ2) is 5.40. The number of hydrogen-bond donors (Lipinski definition) is 0. The summed E-state index contributed by atoms with van der Waals surface area (Å²) in [4.78, 5) is 36.7. The zero-order valence-electron chi connectivity index (χ0n) is 10.9. The molecule has 0 bridgehead atoms. The number of likely N-dealkylation sites (tertiary alicyclic amines) is 1. The number of aryl methyl sites for hydroxylation is 1. The van der Waals surface area contributed by atoms with Crippen molar-refractivity contribution < 1.29 is 18.8 Å². The summed E-state index contributed by atoms with van der Waals surface area (Å²) in [6.45, 7) is 2.19.